The van der Waals surface area contributed by atoms with Crippen LogP contribution >= 0.6 is 0 Å². The molecule has 0 radical (unpaired) electrons. The van der Waals surface area contributed by atoms with E-state index in [1.165, 1.54) is 6.07 Å². The third-order valence-corrected chi connectivity index (χ3v) is 2.12. The van der Waals surface area contributed by atoms with E-state index < -0.39 is 6.17 Å². The fraction of sp³-hybridized carbons (Fsp3) is 0.300. The van der Waals surface area contributed by atoms with Gasteiger partial charge in [0.2, 0.25) is 0 Å². The summed E-state index contributed by atoms with van der Waals surface area (Å²) in [7, 11) is 0. The molecule has 2 rings (SSSR count). The molecule has 0 N–H and O–H groups in total. The Morgan fingerprint density at radius 3 is 2.77 bits per heavy atom. The van der Waals surface area contributed by atoms with Gasteiger partial charge in [-0.2, -0.15) is 0 Å². The molecule has 13 heavy (non-hydrogen) atoms. The van der Waals surface area contributed by atoms with Crippen LogP contribution in [-0.4, -0.2) is 11.2 Å². The second-order valence-electron chi connectivity index (χ2n) is 3.13. The summed E-state index contributed by atoms with van der Waals surface area (Å²) in [6.45, 7) is 0. The molecule has 1 unspecified atom stereocenters. The summed E-state index contributed by atoms with van der Waals surface area (Å²) in [4.78, 5) is 3.88. The first-order valence-corrected chi connectivity index (χ1v) is 4.21. The van der Waals surface area contributed by atoms with E-state index in [9.17, 15) is 8.78 Å². The largest absolute Gasteiger partial charge is 0.254 e. The number of hydrogen-bond acceptors (Lipinski definition) is 1. The molecule has 0 bridgehead atoms. The van der Waals surface area contributed by atoms with Gasteiger partial charge in [0.15, 0.2) is 0 Å². The Hall–Kier alpha value is -1.25. The van der Waals surface area contributed by atoms with Gasteiger partial charge in [-0.3, -0.25) is 4.98 Å². The van der Waals surface area contributed by atoms with Crippen molar-refractivity contribution in [1.29, 1.82) is 0 Å². The number of aromatic nitrogens is 1. The molecule has 0 saturated heterocycles. The van der Waals surface area contributed by atoms with Crippen molar-refractivity contribution in [2.24, 2.45) is 0 Å². The van der Waals surface area contributed by atoms with E-state index >= 15 is 0 Å². The Labute approximate surface area is 75.1 Å². The van der Waals surface area contributed by atoms with Gasteiger partial charge >= 0.3 is 0 Å². The Morgan fingerprint density at radius 1 is 1.38 bits per heavy atom. The highest BCUT2D eigenvalue weighted by molar-refractivity contribution is 5.64. The van der Waals surface area contributed by atoms with E-state index in [0.717, 1.165) is 11.8 Å². The summed E-state index contributed by atoms with van der Waals surface area (Å²) in [5.41, 5.74) is 1.56. The first kappa shape index (κ1) is 8.35. The third kappa shape index (κ3) is 1.74. The molecule has 0 spiro atoms. The highest BCUT2D eigenvalue weighted by Crippen LogP contribution is 2.28. The number of nitrogens with zero attached hydrogens (tertiary/aromatic N) is 1. The summed E-state index contributed by atoms with van der Waals surface area (Å²) < 4.78 is 25.3. The minimum absolute atomic E-state index is 0.362. The average Bonchev–Trinajstić information content (AvgIpc) is 2.53. The van der Waals surface area contributed by atoms with Gasteiger partial charge in [-0.15, -0.1) is 0 Å². The van der Waals surface area contributed by atoms with Crippen LogP contribution in [0.5, 0.6) is 0 Å². The van der Waals surface area contributed by atoms with E-state index in [2.05, 4.69) is 4.98 Å². The fourth-order valence-corrected chi connectivity index (χ4v) is 1.45. The summed E-state index contributed by atoms with van der Waals surface area (Å²) in [6.07, 6.45) is 3.04. The Kier molecular flexibility index (Phi) is 2.08. The normalized spacial score (nSPS) is 21.7. The van der Waals surface area contributed by atoms with E-state index in [-0.39, 0.29) is 5.82 Å². The maximum atomic E-state index is 12.8. The predicted molar refractivity (Wildman–Crippen MR) is 46.3 cm³/mol. The van der Waals surface area contributed by atoms with Crippen molar-refractivity contribution in [2.75, 3.05) is 0 Å². The molecule has 0 saturated carbocycles. The number of halogens is 2. The van der Waals surface area contributed by atoms with Crippen molar-refractivity contribution in [3.63, 3.8) is 0 Å². The number of allylic oxidation sites excluding steroid dienone is 2. The quantitative estimate of drug-likeness (QED) is 0.649. The van der Waals surface area contributed by atoms with Gasteiger partial charge < -0.3 is 0 Å². The van der Waals surface area contributed by atoms with Gasteiger partial charge in [0.25, 0.3) is 0 Å². The molecular formula is C10H9F2N. The molecule has 1 aromatic rings. The van der Waals surface area contributed by atoms with Crippen molar-refractivity contribution in [3.05, 3.63) is 35.9 Å². The second-order valence-corrected chi connectivity index (χ2v) is 3.13. The maximum Gasteiger partial charge on any atom is 0.141 e. The van der Waals surface area contributed by atoms with Crippen molar-refractivity contribution in [1.82, 2.24) is 4.98 Å². The lowest BCUT2D eigenvalue weighted by molar-refractivity contribution is 0.355. The second kappa shape index (κ2) is 3.24. The van der Waals surface area contributed by atoms with E-state index in [0.29, 0.717) is 18.5 Å². The van der Waals surface area contributed by atoms with Crippen molar-refractivity contribution in [2.45, 2.75) is 19.0 Å². The van der Waals surface area contributed by atoms with Crippen LogP contribution in [-0.2, 0) is 0 Å². The topological polar surface area (TPSA) is 12.9 Å². The maximum absolute atomic E-state index is 12.8. The van der Waals surface area contributed by atoms with Crippen LogP contribution in [0.2, 0.25) is 0 Å². The lowest BCUT2D eigenvalue weighted by atomic mass is 10.1. The molecule has 1 atom stereocenters. The SMILES string of the molecule is Fc1ccc(C2=CCC(F)C2)nc1. The molecule has 1 aliphatic carbocycles. The Balaban J connectivity index is 2.22. The molecule has 1 heterocycles. The van der Waals surface area contributed by atoms with E-state index in [4.69, 9.17) is 0 Å². The molecule has 1 nitrogen and oxygen atoms in total. The average molecular weight is 181 g/mol. The zero-order valence-electron chi connectivity index (χ0n) is 7.00. The smallest absolute Gasteiger partial charge is 0.141 e. The number of alkyl halides is 1. The van der Waals surface area contributed by atoms with Gasteiger partial charge in [-0.1, -0.05) is 6.08 Å². The van der Waals surface area contributed by atoms with Gasteiger partial charge in [0, 0.05) is 6.42 Å². The predicted octanol–water partition coefficient (Wildman–Crippen LogP) is 2.74. The minimum Gasteiger partial charge on any atom is -0.254 e. The van der Waals surface area contributed by atoms with Crippen molar-refractivity contribution >= 4 is 5.57 Å². The zero-order valence-corrected chi connectivity index (χ0v) is 7.00. The number of pyridine rings is 1. The molecule has 1 aliphatic rings. The monoisotopic (exact) mass is 181 g/mol. The lowest BCUT2D eigenvalue weighted by Crippen LogP contribution is -1.93. The highest BCUT2D eigenvalue weighted by atomic mass is 19.1. The minimum atomic E-state index is -0.790. The molecule has 0 aromatic carbocycles. The number of hydrogen-bond donors (Lipinski definition) is 0. The van der Waals surface area contributed by atoms with E-state index in [1.807, 2.05) is 6.08 Å². The van der Waals surface area contributed by atoms with Crippen LogP contribution in [0, 0.1) is 5.82 Å². The fourth-order valence-electron chi connectivity index (χ4n) is 1.45. The molecule has 0 fully saturated rings. The van der Waals surface area contributed by atoms with E-state index in [1.54, 1.807) is 6.07 Å². The zero-order chi connectivity index (χ0) is 9.26. The van der Waals surface area contributed by atoms with Gasteiger partial charge in [0.1, 0.15) is 12.0 Å². The van der Waals surface area contributed by atoms with Crippen LogP contribution in [0.25, 0.3) is 5.57 Å². The molecule has 1 aromatic heterocycles. The molecular weight excluding hydrogens is 172 g/mol. The Morgan fingerprint density at radius 2 is 2.23 bits per heavy atom. The van der Waals surface area contributed by atoms with Crippen LogP contribution in [0.1, 0.15) is 18.5 Å². The van der Waals surface area contributed by atoms with Gasteiger partial charge in [0.05, 0.1) is 11.9 Å². The molecule has 0 amide bonds. The number of rotatable bonds is 1. The van der Waals surface area contributed by atoms with Crippen LogP contribution < -0.4 is 0 Å². The van der Waals surface area contributed by atoms with Gasteiger partial charge in [-0.25, -0.2) is 8.78 Å². The molecule has 68 valence electrons. The van der Waals surface area contributed by atoms with Crippen molar-refractivity contribution < 1.29 is 8.78 Å². The molecule has 3 heteroatoms. The van der Waals surface area contributed by atoms with Crippen LogP contribution in [0.15, 0.2) is 24.4 Å². The highest BCUT2D eigenvalue weighted by Gasteiger charge is 2.17. The van der Waals surface area contributed by atoms with Crippen molar-refractivity contribution in [3.8, 4) is 0 Å². The van der Waals surface area contributed by atoms with Crippen LogP contribution in [0.4, 0.5) is 8.78 Å². The van der Waals surface area contributed by atoms with Gasteiger partial charge in [-0.05, 0) is 24.1 Å². The standard InChI is InChI=1S/C10H9F2N/c11-8-2-1-7(5-8)10-4-3-9(12)6-13-10/h1,3-4,6,8H,2,5H2. The summed E-state index contributed by atoms with van der Waals surface area (Å²) >= 11 is 0. The van der Waals surface area contributed by atoms with Crippen LogP contribution in [0.3, 0.4) is 0 Å². The third-order valence-electron chi connectivity index (χ3n) is 2.12. The Bertz CT molecular complexity index is 329. The summed E-state index contributed by atoms with van der Waals surface area (Å²) in [5.74, 6) is -0.362. The molecule has 0 aliphatic heterocycles. The summed E-state index contributed by atoms with van der Waals surface area (Å²) in [6, 6.07) is 2.92. The lowest BCUT2D eigenvalue weighted by Gasteiger charge is -2.00. The first-order chi connectivity index (χ1) is 6.25. The summed E-state index contributed by atoms with van der Waals surface area (Å²) in [5, 5.41) is 0. The first-order valence-electron chi connectivity index (χ1n) is 4.21.